The van der Waals surface area contributed by atoms with Gasteiger partial charge in [0.25, 0.3) is 6.47 Å². The van der Waals surface area contributed by atoms with Gasteiger partial charge in [-0.25, -0.2) is 0 Å². The van der Waals surface area contributed by atoms with Crippen LogP contribution in [0.15, 0.2) is 48.5 Å². The Balaban J connectivity index is 2.36. The molecule has 0 unspecified atom stereocenters. The molecule has 0 bridgehead atoms. The van der Waals surface area contributed by atoms with E-state index in [2.05, 4.69) is 31.2 Å². The Bertz CT molecular complexity index is 486. The zero-order valence-corrected chi connectivity index (χ0v) is 9.01. The van der Waals surface area contributed by atoms with E-state index in [1.165, 1.54) is 5.56 Å². The molecule has 0 fully saturated rings. The van der Waals surface area contributed by atoms with E-state index in [1.54, 1.807) is 6.07 Å². The Morgan fingerprint density at radius 2 is 1.75 bits per heavy atom. The van der Waals surface area contributed by atoms with Gasteiger partial charge in [-0.2, -0.15) is 0 Å². The van der Waals surface area contributed by atoms with Gasteiger partial charge in [0.2, 0.25) is 0 Å². The molecule has 0 aliphatic carbocycles. The van der Waals surface area contributed by atoms with Crippen molar-refractivity contribution in [1.29, 1.82) is 0 Å². The summed E-state index contributed by atoms with van der Waals surface area (Å²) in [6.07, 6.45) is 0. The highest BCUT2D eigenvalue weighted by Crippen LogP contribution is 2.23. The lowest BCUT2D eigenvalue weighted by Crippen LogP contribution is -1.88. The Morgan fingerprint density at radius 3 is 2.44 bits per heavy atom. The Morgan fingerprint density at radius 1 is 1.00 bits per heavy atom. The van der Waals surface area contributed by atoms with E-state index in [-0.39, 0.29) is 0 Å². The average Bonchev–Trinajstić information content (AvgIpc) is 2.31. The third-order valence-electron chi connectivity index (χ3n) is 2.40. The summed E-state index contributed by atoms with van der Waals surface area (Å²) in [5.41, 5.74) is 3.38. The lowest BCUT2D eigenvalue weighted by atomic mass is 10.0. The molecular formula is C14H12O2. The van der Waals surface area contributed by atoms with Crippen LogP contribution < -0.4 is 4.74 Å². The maximum atomic E-state index is 10.2. The van der Waals surface area contributed by atoms with Crippen LogP contribution in [0.3, 0.4) is 0 Å². The summed E-state index contributed by atoms with van der Waals surface area (Å²) in [5.74, 6) is 0.563. The number of benzene rings is 2. The molecule has 0 saturated heterocycles. The van der Waals surface area contributed by atoms with Gasteiger partial charge in [-0.05, 0) is 30.2 Å². The van der Waals surface area contributed by atoms with Crippen molar-refractivity contribution >= 4 is 6.47 Å². The molecule has 2 rings (SSSR count). The quantitative estimate of drug-likeness (QED) is 0.730. The zero-order valence-electron chi connectivity index (χ0n) is 9.01. The molecule has 2 heteroatoms. The minimum Gasteiger partial charge on any atom is -0.429 e. The van der Waals surface area contributed by atoms with Crippen molar-refractivity contribution < 1.29 is 9.53 Å². The fourth-order valence-corrected chi connectivity index (χ4v) is 1.55. The molecule has 0 radical (unpaired) electrons. The van der Waals surface area contributed by atoms with E-state index in [9.17, 15) is 4.79 Å². The zero-order chi connectivity index (χ0) is 11.4. The Kier molecular flexibility index (Phi) is 3.01. The topological polar surface area (TPSA) is 26.3 Å². The molecule has 0 aliphatic rings. The number of ether oxygens (including phenoxy) is 1. The highest BCUT2D eigenvalue weighted by molar-refractivity contribution is 5.66. The number of rotatable bonds is 3. The molecule has 2 nitrogen and oxygen atoms in total. The van der Waals surface area contributed by atoms with Gasteiger partial charge in [-0.3, -0.25) is 4.79 Å². The molecule has 0 saturated carbocycles. The molecule has 0 aliphatic heterocycles. The third kappa shape index (κ3) is 2.28. The largest absolute Gasteiger partial charge is 0.429 e. The molecule has 16 heavy (non-hydrogen) atoms. The van der Waals surface area contributed by atoms with E-state index in [0.717, 1.165) is 11.1 Å². The molecule has 0 heterocycles. The van der Waals surface area contributed by atoms with Crippen molar-refractivity contribution in [2.75, 3.05) is 0 Å². The van der Waals surface area contributed by atoms with Gasteiger partial charge in [0.05, 0.1) is 0 Å². The van der Waals surface area contributed by atoms with Crippen molar-refractivity contribution in [1.82, 2.24) is 0 Å². The number of aryl methyl sites for hydroxylation is 1. The monoisotopic (exact) mass is 212 g/mol. The maximum Gasteiger partial charge on any atom is 0.298 e. The molecule has 0 atom stereocenters. The second-order valence-corrected chi connectivity index (χ2v) is 3.61. The van der Waals surface area contributed by atoms with E-state index < -0.39 is 0 Å². The highest BCUT2D eigenvalue weighted by Gasteiger charge is 1.99. The van der Waals surface area contributed by atoms with Crippen LogP contribution in [-0.4, -0.2) is 6.47 Å². The van der Waals surface area contributed by atoms with Crippen LogP contribution in [-0.2, 0) is 4.79 Å². The first-order valence-electron chi connectivity index (χ1n) is 5.07. The van der Waals surface area contributed by atoms with Crippen LogP contribution in [0.1, 0.15) is 5.56 Å². The summed E-state index contributed by atoms with van der Waals surface area (Å²) in [6, 6.07) is 15.7. The maximum absolute atomic E-state index is 10.2. The lowest BCUT2D eigenvalue weighted by Gasteiger charge is -2.04. The van der Waals surface area contributed by atoms with Crippen LogP contribution in [0, 0.1) is 6.92 Å². The van der Waals surface area contributed by atoms with Crippen molar-refractivity contribution in [3.63, 3.8) is 0 Å². The van der Waals surface area contributed by atoms with Crippen LogP contribution >= 0.6 is 0 Å². The van der Waals surface area contributed by atoms with Crippen LogP contribution in [0.5, 0.6) is 5.75 Å². The third-order valence-corrected chi connectivity index (χ3v) is 2.40. The SMILES string of the molecule is Cc1ccc(-c2cccc(OC=O)c2)cc1. The summed E-state index contributed by atoms with van der Waals surface area (Å²) in [4.78, 5) is 10.2. The molecular weight excluding hydrogens is 200 g/mol. The van der Waals surface area contributed by atoms with Gasteiger partial charge >= 0.3 is 0 Å². The summed E-state index contributed by atoms with van der Waals surface area (Å²) in [7, 11) is 0. The van der Waals surface area contributed by atoms with Gasteiger partial charge in [-0.15, -0.1) is 0 Å². The molecule has 0 spiro atoms. The molecule has 0 amide bonds. The predicted octanol–water partition coefficient (Wildman–Crippen LogP) is 3.20. The van der Waals surface area contributed by atoms with E-state index >= 15 is 0 Å². The van der Waals surface area contributed by atoms with E-state index in [4.69, 9.17) is 4.74 Å². The van der Waals surface area contributed by atoms with Crippen LogP contribution in [0.4, 0.5) is 0 Å². The van der Waals surface area contributed by atoms with E-state index in [1.807, 2.05) is 18.2 Å². The van der Waals surface area contributed by atoms with Crippen molar-refractivity contribution in [2.45, 2.75) is 6.92 Å². The minimum atomic E-state index is 0.439. The molecule has 80 valence electrons. The van der Waals surface area contributed by atoms with Gasteiger partial charge in [0.15, 0.2) is 0 Å². The fourth-order valence-electron chi connectivity index (χ4n) is 1.55. The molecule has 2 aromatic rings. The van der Waals surface area contributed by atoms with Gasteiger partial charge in [0.1, 0.15) is 5.75 Å². The Hall–Kier alpha value is -2.09. The van der Waals surface area contributed by atoms with Gasteiger partial charge in [-0.1, -0.05) is 42.0 Å². The number of carbonyl (C=O) groups excluding carboxylic acids is 1. The van der Waals surface area contributed by atoms with Crippen molar-refractivity contribution in [2.24, 2.45) is 0 Å². The minimum absolute atomic E-state index is 0.439. The average molecular weight is 212 g/mol. The predicted molar refractivity (Wildman–Crippen MR) is 63.3 cm³/mol. The number of hydrogen-bond donors (Lipinski definition) is 0. The standard InChI is InChI=1S/C14H12O2/c1-11-5-7-12(8-6-11)13-3-2-4-14(9-13)16-10-15/h2-10H,1H3. The lowest BCUT2D eigenvalue weighted by molar-refractivity contribution is -0.120. The van der Waals surface area contributed by atoms with Crippen LogP contribution in [0.25, 0.3) is 11.1 Å². The molecule has 0 N–H and O–H groups in total. The van der Waals surface area contributed by atoms with Gasteiger partial charge < -0.3 is 4.74 Å². The van der Waals surface area contributed by atoms with Crippen molar-refractivity contribution in [3.05, 3.63) is 54.1 Å². The first-order valence-corrected chi connectivity index (χ1v) is 5.07. The van der Waals surface area contributed by atoms with Crippen molar-refractivity contribution in [3.8, 4) is 16.9 Å². The molecule has 2 aromatic carbocycles. The second kappa shape index (κ2) is 4.62. The highest BCUT2D eigenvalue weighted by atomic mass is 16.5. The molecule has 0 aromatic heterocycles. The first kappa shape index (κ1) is 10.4. The fraction of sp³-hybridized carbons (Fsp3) is 0.0714. The number of hydrogen-bond acceptors (Lipinski definition) is 2. The van der Waals surface area contributed by atoms with E-state index in [0.29, 0.717) is 12.2 Å². The normalized spacial score (nSPS) is 9.81. The number of carbonyl (C=O) groups is 1. The second-order valence-electron chi connectivity index (χ2n) is 3.61. The summed E-state index contributed by atoms with van der Waals surface area (Å²) in [6.45, 7) is 2.49. The smallest absolute Gasteiger partial charge is 0.298 e. The Labute approximate surface area is 94.5 Å². The van der Waals surface area contributed by atoms with Gasteiger partial charge in [0, 0.05) is 0 Å². The summed E-state index contributed by atoms with van der Waals surface area (Å²) in [5, 5.41) is 0. The first-order chi connectivity index (χ1) is 7.79. The summed E-state index contributed by atoms with van der Waals surface area (Å²) >= 11 is 0. The summed E-state index contributed by atoms with van der Waals surface area (Å²) < 4.78 is 4.81. The van der Waals surface area contributed by atoms with Crippen LogP contribution in [0.2, 0.25) is 0 Å².